The van der Waals surface area contributed by atoms with Crippen LogP contribution in [0.4, 0.5) is 0 Å². The maximum absolute atomic E-state index is 12.1. The van der Waals surface area contributed by atoms with E-state index < -0.39 is 0 Å². The first-order chi connectivity index (χ1) is 8.72. The molecule has 0 saturated carbocycles. The monoisotopic (exact) mass is 261 g/mol. The van der Waals surface area contributed by atoms with Gasteiger partial charge >= 0.3 is 0 Å². The number of nitrogens with zero attached hydrogens (tertiary/aromatic N) is 2. The Hall–Kier alpha value is -1.75. The molecule has 1 N–H and O–H groups in total. The average molecular weight is 261 g/mol. The lowest BCUT2D eigenvalue weighted by Gasteiger charge is -2.12. The molecule has 0 aliphatic carbocycles. The molecule has 0 radical (unpaired) electrons. The zero-order valence-corrected chi connectivity index (χ0v) is 11.0. The molecular formula is C13H15N3OS. The van der Waals surface area contributed by atoms with Gasteiger partial charge < -0.3 is 5.32 Å². The zero-order chi connectivity index (χ0) is 13.0. The van der Waals surface area contributed by atoms with Crippen LogP contribution < -0.4 is 5.32 Å². The number of carbonyl (C=O) groups excluding carboxylic acids is 1. The van der Waals surface area contributed by atoms with Crippen LogP contribution in [-0.2, 0) is 4.79 Å². The van der Waals surface area contributed by atoms with E-state index in [1.165, 1.54) is 0 Å². The van der Waals surface area contributed by atoms with E-state index in [-0.39, 0.29) is 5.91 Å². The summed E-state index contributed by atoms with van der Waals surface area (Å²) in [6.07, 6.45) is 5.40. The molecule has 18 heavy (non-hydrogen) atoms. The first-order valence-electron chi connectivity index (χ1n) is 5.98. The standard InChI is InChI=1S/C13H15N3OS/c1-2-3-8-16-12(17)11(15-13(16)18)9-10-6-4-5-7-14-10/h4-7,9H,2-3,8H2,1H3,(H,15,18)/b11-9+. The molecule has 1 amide bonds. The highest BCUT2D eigenvalue weighted by Crippen LogP contribution is 2.13. The molecule has 0 unspecified atom stereocenters. The Morgan fingerprint density at radius 3 is 3.00 bits per heavy atom. The van der Waals surface area contributed by atoms with Crippen molar-refractivity contribution < 1.29 is 4.79 Å². The van der Waals surface area contributed by atoms with Gasteiger partial charge in [-0.1, -0.05) is 19.4 Å². The van der Waals surface area contributed by atoms with Crippen molar-refractivity contribution in [3.8, 4) is 0 Å². The first-order valence-corrected chi connectivity index (χ1v) is 6.38. The SMILES string of the molecule is CCCCN1C(=O)/C(=C\c2ccccn2)NC1=S. The maximum Gasteiger partial charge on any atom is 0.276 e. The molecule has 1 aromatic heterocycles. The van der Waals surface area contributed by atoms with Crippen molar-refractivity contribution in [1.29, 1.82) is 0 Å². The number of hydrogen-bond acceptors (Lipinski definition) is 3. The van der Waals surface area contributed by atoms with Crippen molar-refractivity contribution in [3.05, 3.63) is 35.8 Å². The number of amides is 1. The van der Waals surface area contributed by atoms with Crippen molar-refractivity contribution in [2.24, 2.45) is 0 Å². The van der Waals surface area contributed by atoms with Gasteiger partial charge in [-0.25, -0.2) is 0 Å². The molecule has 2 heterocycles. The van der Waals surface area contributed by atoms with Gasteiger partial charge in [-0.3, -0.25) is 14.7 Å². The summed E-state index contributed by atoms with van der Waals surface area (Å²) in [5.41, 5.74) is 1.24. The van der Waals surface area contributed by atoms with Gasteiger partial charge in [0.1, 0.15) is 5.70 Å². The third-order valence-electron chi connectivity index (χ3n) is 2.68. The largest absolute Gasteiger partial charge is 0.328 e. The highest BCUT2D eigenvalue weighted by Gasteiger charge is 2.29. The van der Waals surface area contributed by atoms with Crippen LogP contribution in [0.15, 0.2) is 30.1 Å². The Morgan fingerprint density at radius 1 is 1.50 bits per heavy atom. The number of pyridine rings is 1. The summed E-state index contributed by atoms with van der Waals surface area (Å²) in [5.74, 6) is -0.0703. The van der Waals surface area contributed by atoms with Crippen molar-refractivity contribution in [2.45, 2.75) is 19.8 Å². The number of hydrogen-bond donors (Lipinski definition) is 1. The highest BCUT2D eigenvalue weighted by atomic mass is 32.1. The lowest BCUT2D eigenvalue weighted by Crippen LogP contribution is -2.31. The highest BCUT2D eigenvalue weighted by molar-refractivity contribution is 7.80. The van der Waals surface area contributed by atoms with E-state index in [0.717, 1.165) is 18.5 Å². The molecule has 94 valence electrons. The number of rotatable bonds is 4. The van der Waals surface area contributed by atoms with Crippen molar-refractivity contribution in [3.63, 3.8) is 0 Å². The van der Waals surface area contributed by atoms with E-state index in [2.05, 4.69) is 17.2 Å². The zero-order valence-electron chi connectivity index (χ0n) is 10.2. The molecule has 1 aliphatic rings. The van der Waals surface area contributed by atoms with Crippen LogP contribution in [0, 0.1) is 0 Å². The van der Waals surface area contributed by atoms with E-state index in [0.29, 0.717) is 17.4 Å². The minimum atomic E-state index is -0.0703. The molecule has 0 atom stereocenters. The molecule has 2 rings (SSSR count). The number of unbranched alkanes of at least 4 members (excludes halogenated alkanes) is 1. The van der Waals surface area contributed by atoms with E-state index >= 15 is 0 Å². The average Bonchev–Trinajstić information content (AvgIpc) is 2.64. The molecule has 4 nitrogen and oxygen atoms in total. The van der Waals surface area contributed by atoms with E-state index in [9.17, 15) is 4.79 Å². The topological polar surface area (TPSA) is 45.2 Å². The number of carbonyl (C=O) groups is 1. The minimum Gasteiger partial charge on any atom is -0.328 e. The van der Waals surface area contributed by atoms with Crippen LogP contribution in [0.25, 0.3) is 6.08 Å². The Kier molecular flexibility index (Phi) is 4.04. The summed E-state index contributed by atoms with van der Waals surface area (Å²) in [6.45, 7) is 2.75. The lowest BCUT2D eigenvalue weighted by atomic mass is 10.2. The van der Waals surface area contributed by atoms with Crippen LogP contribution in [0.5, 0.6) is 0 Å². The second kappa shape index (κ2) is 5.73. The van der Waals surface area contributed by atoms with Crippen LogP contribution in [0.3, 0.4) is 0 Å². The lowest BCUT2D eigenvalue weighted by molar-refractivity contribution is -0.122. The molecule has 5 heteroatoms. The Labute approximate surface area is 112 Å². The van der Waals surface area contributed by atoms with Gasteiger partial charge in [0.05, 0.1) is 5.69 Å². The van der Waals surface area contributed by atoms with E-state index in [1.54, 1.807) is 17.2 Å². The first kappa shape index (κ1) is 12.7. The second-order valence-corrected chi connectivity index (χ2v) is 4.44. The molecule has 0 spiro atoms. The van der Waals surface area contributed by atoms with Gasteiger partial charge in [0, 0.05) is 12.7 Å². The normalized spacial score (nSPS) is 17.4. The fraction of sp³-hybridized carbons (Fsp3) is 0.308. The number of nitrogens with one attached hydrogen (secondary N) is 1. The molecular weight excluding hydrogens is 246 g/mol. The molecule has 0 bridgehead atoms. The molecule has 1 aliphatic heterocycles. The minimum absolute atomic E-state index is 0.0703. The molecule has 1 fully saturated rings. The van der Waals surface area contributed by atoms with Gasteiger partial charge in [-0.2, -0.15) is 0 Å². The Morgan fingerprint density at radius 2 is 2.33 bits per heavy atom. The van der Waals surface area contributed by atoms with E-state index in [4.69, 9.17) is 12.2 Å². The van der Waals surface area contributed by atoms with Gasteiger partial charge in [0.2, 0.25) is 0 Å². The predicted octanol–water partition coefficient (Wildman–Crippen LogP) is 1.94. The Balaban J connectivity index is 2.15. The molecule has 0 aromatic carbocycles. The third-order valence-corrected chi connectivity index (χ3v) is 3.00. The fourth-order valence-electron chi connectivity index (χ4n) is 1.70. The summed E-state index contributed by atoms with van der Waals surface area (Å²) >= 11 is 5.16. The summed E-state index contributed by atoms with van der Waals surface area (Å²) in [5, 5.41) is 3.42. The summed E-state index contributed by atoms with van der Waals surface area (Å²) in [7, 11) is 0. The van der Waals surface area contributed by atoms with Crippen molar-refractivity contribution >= 4 is 29.3 Å². The summed E-state index contributed by atoms with van der Waals surface area (Å²) in [6, 6.07) is 5.57. The van der Waals surface area contributed by atoms with Crippen LogP contribution >= 0.6 is 12.2 Å². The number of thiocarbonyl (C=S) groups is 1. The molecule has 1 saturated heterocycles. The van der Waals surface area contributed by atoms with Crippen LogP contribution in [-0.4, -0.2) is 27.4 Å². The van der Waals surface area contributed by atoms with Gasteiger partial charge in [-0.05, 0) is 36.8 Å². The quantitative estimate of drug-likeness (QED) is 0.664. The van der Waals surface area contributed by atoms with Crippen LogP contribution in [0.1, 0.15) is 25.5 Å². The van der Waals surface area contributed by atoms with Gasteiger partial charge in [0.25, 0.3) is 5.91 Å². The third kappa shape index (κ3) is 2.73. The van der Waals surface area contributed by atoms with Crippen molar-refractivity contribution in [2.75, 3.05) is 6.54 Å². The smallest absolute Gasteiger partial charge is 0.276 e. The summed E-state index contributed by atoms with van der Waals surface area (Å²) in [4.78, 5) is 17.9. The van der Waals surface area contributed by atoms with Crippen LogP contribution in [0.2, 0.25) is 0 Å². The predicted molar refractivity (Wildman–Crippen MR) is 74.6 cm³/mol. The van der Waals surface area contributed by atoms with Gasteiger partial charge in [-0.15, -0.1) is 0 Å². The van der Waals surface area contributed by atoms with E-state index in [1.807, 2.05) is 18.2 Å². The summed E-state index contributed by atoms with van der Waals surface area (Å²) < 4.78 is 0. The van der Waals surface area contributed by atoms with Gasteiger partial charge in [0.15, 0.2) is 5.11 Å². The maximum atomic E-state index is 12.1. The number of aromatic nitrogens is 1. The molecule has 1 aromatic rings. The Bertz CT molecular complexity index is 484. The van der Waals surface area contributed by atoms with Crippen molar-refractivity contribution in [1.82, 2.24) is 15.2 Å². The fourth-order valence-corrected chi connectivity index (χ4v) is 1.98. The second-order valence-electron chi connectivity index (χ2n) is 4.05.